The van der Waals surface area contributed by atoms with Crippen molar-refractivity contribution in [3.63, 3.8) is 0 Å². The fourth-order valence-electron chi connectivity index (χ4n) is 2.24. The Morgan fingerprint density at radius 3 is 2.32 bits per heavy atom. The average molecular weight is 304 g/mol. The number of rotatable bonds is 4. The molecule has 0 aromatic heterocycles. The molecule has 1 unspecified atom stereocenters. The Balaban J connectivity index is 2.24. The lowest BCUT2D eigenvalue weighted by atomic mass is 10.1. The van der Waals surface area contributed by atoms with Gasteiger partial charge in [0.1, 0.15) is 12.1 Å². The van der Waals surface area contributed by atoms with Crippen molar-refractivity contribution in [3.05, 3.63) is 34.9 Å². The fourth-order valence-corrected chi connectivity index (χ4v) is 2.24. The number of amides is 3. The van der Waals surface area contributed by atoms with Crippen LogP contribution < -0.4 is 5.32 Å². The van der Waals surface area contributed by atoms with Crippen LogP contribution >= 0.6 is 0 Å². The summed E-state index contributed by atoms with van der Waals surface area (Å²) < 4.78 is 0. The van der Waals surface area contributed by atoms with Gasteiger partial charge in [0.2, 0.25) is 5.91 Å². The second kappa shape index (κ2) is 5.59. The number of aryl methyl sites for hydroxylation is 1. The van der Waals surface area contributed by atoms with Crippen molar-refractivity contribution in [2.24, 2.45) is 0 Å². The van der Waals surface area contributed by atoms with Gasteiger partial charge in [-0.05, 0) is 32.9 Å². The molecule has 1 aromatic rings. The molecule has 116 valence electrons. The molecule has 2 atom stereocenters. The Labute approximate surface area is 126 Å². The summed E-state index contributed by atoms with van der Waals surface area (Å²) >= 11 is 0. The number of carboxylic acid groups (broad SMARTS) is 1. The number of hydrogen-bond donors (Lipinski definition) is 2. The molecule has 0 saturated heterocycles. The molecule has 1 aliphatic heterocycles. The molecule has 1 aliphatic rings. The van der Waals surface area contributed by atoms with Gasteiger partial charge in [-0.1, -0.05) is 11.6 Å². The van der Waals surface area contributed by atoms with Gasteiger partial charge in [-0.2, -0.15) is 0 Å². The zero-order valence-corrected chi connectivity index (χ0v) is 12.4. The lowest BCUT2D eigenvalue weighted by Crippen LogP contribution is -2.51. The van der Waals surface area contributed by atoms with E-state index in [2.05, 4.69) is 5.32 Å². The number of carbonyl (C=O) groups is 4. The minimum absolute atomic E-state index is 0.251. The lowest BCUT2D eigenvalue weighted by Gasteiger charge is -2.22. The van der Waals surface area contributed by atoms with Gasteiger partial charge < -0.3 is 10.4 Å². The van der Waals surface area contributed by atoms with Gasteiger partial charge in [-0.15, -0.1) is 0 Å². The number of aliphatic carboxylic acids is 1. The number of nitrogens with zero attached hydrogens (tertiary/aromatic N) is 1. The maximum Gasteiger partial charge on any atom is 0.325 e. The van der Waals surface area contributed by atoms with Crippen LogP contribution in [0.5, 0.6) is 0 Å². The Bertz CT molecular complexity index is 683. The van der Waals surface area contributed by atoms with Crippen LogP contribution in [0.4, 0.5) is 0 Å². The number of hydrogen-bond acceptors (Lipinski definition) is 4. The highest BCUT2D eigenvalue weighted by atomic mass is 16.4. The zero-order chi connectivity index (χ0) is 16.6. The second-order valence-electron chi connectivity index (χ2n) is 5.27. The van der Waals surface area contributed by atoms with Crippen molar-refractivity contribution in [2.75, 3.05) is 0 Å². The van der Waals surface area contributed by atoms with E-state index in [1.165, 1.54) is 13.8 Å². The Hall–Kier alpha value is -2.70. The van der Waals surface area contributed by atoms with Crippen molar-refractivity contribution in [2.45, 2.75) is 32.9 Å². The molecule has 0 bridgehead atoms. The molecule has 0 radical (unpaired) electrons. The van der Waals surface area contributed by atoms with Gasteiger partial charge in [0.25, 0.3) is 11.8 Å². The first-order chi connectivity index (χ1) is 10.2. The van der Waals surface area contributed by atoms with Gasteiger partial charge in [0, 0.05) is 0 Å². The monoisotopic (exact) mass is 304 g/mol. The molecule has 0 aliphatic carbocycles. The van der Waals surface area contributed by atoms with E-state index in [-0.39, 0.29) is 11.1 Å². The lowest BCUT2D eigenvalue weighted by molar-refractivity contribution is -0.141. The summed E-state index contributed by atoms with van der Waals surface area (Å²) in [6.07, 6.45) is 0. The average Bonchev–Trinajstić information content (AvgIpc) is 2.69. The number of fused-ring (bicyclic) bond motifs is 1. The van der Waals surface area contributed by atoms with Crippen LogP contribution in [0, 0.1) is 6.92 Å². The predicted molar refractivity (Wildman–Crippen MR) is 76.4 cm³/mol. The summed E-state index contributed by atoms with van der Waals surface area (Å²) in [6.45, 7) is 4.49. The van der Waals surface area contributed by atoms with Crippen LogP contribution in [-0.4, -0.2) is 45.8 Å². The van der Waals surface area contributed by atoms with Gasteiger partial charge in [0.15, 0.2) is 0 Å². The summed E-state index contributed by atoms with van der Waals surface area (Å²) in [5.74, 6) is -2.99. The number of benzene rings is 1. The molecule has 1 aromatic carbocycles. The van der Waals surface area contributed by atoms with E-state index in [0.717, 1.165) is 10.5 Å². The van der Waals surface area contributed by atoms with E-state index in [0.29, 0.717) is 0 Å². The third-order valence-electron chi connectivity index (χ3n) is 3.57. The highest BCUT2D eigenvalue weighted by molar-refractivity contribution is 6.22. The van der Waals surface area contributed by atoms with Crippen molar-refractivity contribution < 1.29 is 24.3 Å². The minimum Gasteiger partial charge on any atom is -0.480 e. The van der Waals surface area contributed by atoms with E-state index in [4.69, 9.17) is 5.11 Å². The molecule has 2 rings (SSSR count). The first-order valence-corrected chi connectivity index (χ1v) is 6.75. The summed E-state index contributed by atoms with van der Waals surface area (Å²) in [6, 6.07) is 2.67. The topological polar surface area (TPSA) is 104 Å². The molecule has 0 spiro atoms. The van der Waals surface area contributed by atoms with Crippen LogP contribution in [0.15, 0.2) is 18.2 Å². The molecule has 3 amide bonds. The van der Waals surface area contributed by atoms with Crippen molar-refractivity contribution in [1.29, 1.82) is 0 Å². The minimum atomic E-state index is -1.20. The molecular formula is C15H16N2O5. The van der Waals surface area contributed by atoms with Crippen LogP contribution in [0.25, 0.3) is 0 Å². The molecule has 1 heterocycles. The predicted octanol–water partition coefficient (Wildman–Crippen LogP) is 0.569. The van der Waals surface area contributed by atoms with Crippen LogP contribution in [0.3, 0.4) is 0 Å². The quantitative estimate of drug-likeness (QED) is 0.791. The number of nitrogens with one attached hydrogen (secondary N) is 1. The van der Waals surface area contributed by atoms with E-state index < -0.39 is 35.8 Å². The Kier molecular flexibility index (Phi) is 3.99. The molecule has 0 fully saturated rings. The van der Waals surface area contributed by atoms with Crippen molar-refractivity contribution >= 4 is 23.7 Å². The fraction of sp³-hybridized carbons (Fsp3) is 0.333. The molecule has 0 saturated carbocycles. The third kappa shape index (κ3) is 2.57. The van der Waals surface area contributed by atoms with Gasteiger partial charge in [-0.3, -0.25) is 24.1 Å². The standard InChI is InChI=1S/C15H16N2O5/c1-7-4-5-10-11(6-7)14(20)17(13(10)19)9(3)12(18)16-8(2)15(21)22/h4-6,8-9H,1-3H3,(H,16,18)(H,21,22)/t8-,9?/m1/s1. The molecule has 7 heteroatoms. The van der Waals surface area contributed by atoms with E-state index in [1.807, 2.05) is 0 Å². The van der Waals surface area contributed by atoms with Crippen LogP contribution in [0.1, 0.15) is 40.1 Å². The van der Waals surface area contributed by atoms with E-state index >= 15 is 0 Å². The van der Waals surface area contributed by atoms with Gasteiger partial charge in [-0.25, -0.2) is 0 Å². The number of imide groups is 1. The Morgan fingerprint density at radius 1 is 1.14 bits per heavy atom. The second-order valence-corrected chi connectivity index (χ2v) is 5.27. The highest BCUT2D eigenvalue weighted by Crippen LogP contribution is 2.25. The first-order valence-electron chi connectivity index (χ1n) is 6.75. The first kappa shape index (κ1) is 15.7. The van der Waals surface area contributed by atoms with Gasteiger partial charge >= 0.3 is 5.97 Å². The van der Waals surface area contributed by atoms with Crippen molar-refractivity contribution in [1.82, 2.24) is 10.2 Å². The van der Waals surface area contributed by atoms with Gasteiger partial charge in [0.05, 0.1) is 11.1 Å². The normalized spacial score (nSPS) is 16.2. The molecular weight excluding hydrogens is 288 g/mol. The number of carbonyl (C=O) groups excluding carboxylic acids is 3. The Morgan fingerprint density at radius 2 is 1.73 bits per heavy atom. The van der Waals surface area contributed by atoms with E-state index in [9.17, 15) is 19.2 Å². The zero-order valence-electron chi connectivity index (χ0n) is 12.4. The van der Waals surface area contributed by atoms with Crippen LogP contribution in [0.2, 0.25) is 0 Å². The van der Waals surface area contributed by atoms with Crippen LogP contribution in [-0.2, 0) is 9.59 Å². The molecule has 22 heavy (non-hydrogen) atoms. The summed E-state index contributed by atoms with van der Waals surface area (Å²) in [4.78, 5) is 48.3. The highest BCUT2D eigenvalue weighted by Gasteiger charge is 2.41. The largest absolute Gasteiger partial charge is 0.480 e. The van der Waals surface area contributed by atoms with Crippen molar-refractivity contribution in [3.8, 4) is 0 Å². The maximum atomic E-state index is 12.3. The third-order valence-corrected chi connectivity index (χ3v) is 3.57. The smallest absolute Gasteiger partial charge is 0.325 e. The molecule has 2 N–H and O–H groups in total. The maximum absolute atomic E-state index is 12.3. The number of carboxylic acids is 1. The summed E-state index contributed by atoms with van der Waals surface area (Å²) in [5.41, 5.74) is 1.34. The molecule has 7 nitrogen and oxygen atoms in total. The van der Waals surface area contributed by atoms with E-state index in [1.54, 1.807) is 25.1 Å². The summed E-state index contributed by atoms with van der Waals surface area (Å²) in [5, 5.41) is 11.0. The SMILES string of the molecule is Cc1ccc2c(c1)C(=O)N(C(C)C(=O)N[C@H](C)C(=O)O)C2=O. The summed E-state index contributed by atoms with van der Waals surface area (Å²) in [7, 11) is 0.